The van der Waals surface area contributed by atoms with E-state index in [0.29, 0.717) is 27.7 Å². The van der Waals surface area contributed by atoms with E-state index in [1.807, 2.05) is 88.4 Å². The minimum Gasteiger partial charge on any atom is -0.542 e. The number of nitrogens with zero attached hydrogens (tertiary/aromatic N) is 2. The van der Waals surface area contributed by atoms with Gasteiger partial charge in [0.2, 0.25) is 0 Å². The number of hydrogen-bond acceptors (Lipinski definition) is 5. The molecular formula is C71H86ClN2NiO3PSi2. The topological polar surface area (TPSA) is 54.3 Å². The molecule has 4 aliphatic carbocycles. The van der Waals surface area contributed by atoms with Gasteiger partial charge in [-0.2, -0.15) is 47.5 Å². The van der Waals surface area contributed by atoms with Gasteiger partial charge in [-0.3, -0.25) is 4.99 Å². The van der Waals surface area contributed by atoms with Crippen LogP contribution in [0.15, 0.2) is 260 Å². The van der Waals surface area contributed by atoms with E-state index >= 15 is 0 Å². The molecule has 1 N–H and O–H groups in total. The zero-order chi connectivity index (χ0) is 57.4. The molecule has 0 saturated carbocycles. The Hall–Kier alpha value is -5.92. The fourth-order valence-corrected chi connectivity index (χ4v) is 18.6. The number of rotatable bonds is 16. The number of aryl methyl sites for hydroxylation is 2. The van der Waals surface area contributed by atoms with E-state index in [-0.39, 0.29) is 22.2 Å². The Bertz CT molecular complexity index is 2740. The first-order valence-corrected chi connectivity index (χ1v) is 36.1. The van der Waals surface area contributed by atoms with Gasteiger partial charge in [-0.15, -0.1) is 0 Å². The summed E-state index contributed by atoms with van der Waals surface area (Å²) in [6, 6.07) is 56.5. The third-order valence-electron chi connectivity index (χ3n) is 14.3. The molecule has 0 bridgehead atoms. The van der Waals surface area contributed by atoms with Crippen molar-refractivity contribution in [2.45, 2.75) is 83.7 Å². The molecule has 0 spiro atoms. The number of hydrogen-bond donors (Lipinski definition) is 1. The summed E-state index contributed by atoms with van der Waals surface area (Å²) in [7, 11) is -4.83. The van der Waals surface area contributed by atoms with Gasteiger partial charge >= 0.3 is 0 Å². The number of para-hydroxylation sites is 1. The molecule has 6 aromatic carbocycles. The zero-order valence-corrected chi connectivity index (χ0v) is 53.8. The fourth-order valence-electron chi connectivity index (χ4n) is 9.45. The van der Waals surface area contributed by atoms with Gasteiger partial charge in [0, 0.05) is 63.6 Å². The molecule has 0 saturated heterocycles. The molecule has 4 aliphatic rings. The Kier molecular flexibility index (Phi) is 31.1. The van der Waals surface area contributed by atoms with E-state index in [1.165, 1.54) is 35.5 Å². The smallest absolute Gasteiger partial charge is 0.269 e. The number of benzene rings is 6. The number of phenolic OH excluding ortho intramolecular Hbond substituents is 1. The Morgan fingerprint density at radius 1 is 0.543 bits per heavy atom. The first kappa shape index (κ1) is 67.6. The van der Waals surface area contributed by atoms with Gasteiger partial charge in [0.05, 0.1) is 13.6 Å². The summed E-state index contributed by atoms with van der Waals surface area (Å²) in [5.41, 5.74) is 5.39. The van der Waals surface area contributed by atoms with Crippen LogP contribution in [0.25, 0.3) is 0 Å². The largest absolute Gasteiger partial charge is 0.542 e. The van der Waals surface area contributed by atoms with Crippen LogP contribution < -0.4 is 20.3 Å². The first-order chi connectivity index (χ1) is 38.9. The number of halogens is 1. The van der Waals surface area contributed by atoms with Crippen LogP contribution in [0.1, 0.15) is 51.3 Å². The van der Waals surface area contributed by atoms with E-state index in [4.69, 9.17) is 20.2 Å². The Labute approximate surface area is 505 Å². The third kappa shape index (κ3) is 21.7. The van der Waals surface area contributed by atoms with E-state index < -0.39 is 23.6 Å². The van der Waals surface area contributed by atoms with Crippen LogP contribution in [-0.2, 0) is 21.2 Å². The van der Waals surface area contributed by atoms with Gasteiger partial charge < -0.3 is 19.2 Å². The molecule has 0 aliphatic heterocycles. The van der Waals surface area contributed by atoms with Crippen LogP contribution in [0.2, 0.25) is 35.3 Å². The zero-order valence-electron chi connectivity index (χ0n) is 49.0. The minimum absolute atomic E-state index is 0. The molecule has 0 radical (unpaired) electrons. The van der Waals surface area contributed by atoms with Crippen molar-refractivity contribution in [2.24, 2.45) is 4.99 Å². The average molecular weight is 1200 g/mol. The number of phenols is 1. The van der Waals surface area contributed by atoms with Gasteiger partial charge in [-0.05, 0) is 120 Å². The Balaban J connectivity index is 0.000000236. The number of aromatic hydroxyl groups is 1. The molecule has 0 fully saturated rings. The molecule has 0 heterocycles. The van der Waals surface area contributed by atoms with Gasteiger partial charge in [0.1, 0.15) is 27.4 Å². The van der Waals surface area contributed by atoms with E-state index in [1.54, 1.807) is 12.3 Å². The summed E-state index contributed by atoms with van der Waals surface area (Å²) in [4.78, 5) is 7.03. The molecule has 5 nitrogen and oxygen atoms in total. The molecule has 0 unspecified atom stereocenters. The van der Waals surface area contributed by atoms with Crippen LogP contribution in [0.4, 0.5) is 5.69 Å². The van der Waals surface area contributed by atoms with Crippen molar-refractivity contribution in [3.05, 3.63) is 278 Å². The van der Waals surface area contributed by atoms with Crippen molar-refractivity contribution >= 4 is 62.5 Å². The summed E-state index contributed by atoms with van der Waals surface area (Å²) in [6.07, 6.45) is 36.3. The quantitative estimate of drug-likeness (QED) is 0.0345. The second-order valence-corrected chi connectivity index (χ2v) is 32.3. The summed E-state index contributed by atoms with van der Waals surface area (Å²) in [6.45, 7) is 24.4. The van der Waals surface area contributed by atoms with Gasteiger partial charge in [0.15, 0.2) is 7.38 Å². The van der Waals surface area contributed by atoms with E-state index in [0.717, 1.165) is 35.8 Å². The molecular weight excluding hydrogens is 1110 g/mol. The molecule has 428 valence electrons. The SMILES string of the molecule is CCN(CC)CC.CCOCC.C[Si](Cl)(C1C=CC=C1)C1C=CC=C1.Cc1cccc(C)c1N=Cc1cc(O[Si](C)(C2C=CC=C2)C2C=CC=C2)ccc1O.[Ni].[c-]1ccccc1.c1ccc([PH+](c2ccccc2)c2ccccc2)cc1. The van der Waals surface area contributed by atoms with Crippen LogP contribution in [0.3, 0.4) is 0 Å². The molecule has 6 aromatic rings. The van der Waals surface area contributed by atoms with Crippen molar-refractivity contribution in [1.82, 2.24) is 4.90 Å². The Morgan fingerprint density at radius 3 is 1.25 bits per heavy atom. The summed E-state index contributed by atoms with van der Waals surface area (Å²) >= 11 is 6.68. The van der Waals surface area contributed by atoms with Crippen LogP contribution in [0, 0.1) is 19.9 Å². The molecule has 81 heavy (non-hydrogen) atoms. The summed E-state index contributed by atoms with van der Waals surface area (Å²) in [5.74, 6) is 0.967. The maximum atomic E-state index is 10.4. The summed E-state index contributed by atoms with van der Waals surface area (Å²) in [5, 5.41) is 14.7. The predicted molar refractivity (Wildman–Crippen MR) is 357 cm³/mol. The molecule has 0 aromatic heterocycles. The van der Waals surface area contributed by atoms with Crippen molar-refractivity contribution in [3.63, 3.8) is 0 Å². The van der Waals surface area contributed by atoms with E-state index in [9.17, 15) is 5.11 Å². The monoisotopic (exact) mass is 1190 g/mol. The molecule has 0 amide bonds. The van der Waals surface area contributed by atoms with Crippen LogP contribution in [0.5, 0.6) is 11.5 Å². The number of allylic oxidation sites excluding steroid dienone is 16. The normalized spacial score (nSPS) is 14.1. The van der Waals surface area contributed by atoms with Gasteiger partial charge in [-0.25, -0.2) is 0 Å². The van der Waals surface area contributed by atoms with E-state index in [2.05, 4.69) is 238 Å². The first-order valence-electron chi connectivity index (χ1n) is 28.3. The van der Waals surface area contributed by atoms with Crippen molar-refractivity contribution in [3.8, 4) is 11.5 Å². The number of aliphatic imine (C=N–C) groups is 1. The van der Waals surface area contributed by atoms with Gasteiger partial charge in [0.25, 0.3) is 8.32 Å². The fraction of sp³-hybridized carbons (Fsp3) is 0.254. The predicted octanol–water partition coefficient (Wildman–Crippen LogP) is 17.6. The Morgan fingerprint density at radius 2 is 0.926 bits per heavy atom. The maximum Gasteiger partial charge on any atom is 0.269 e. The minimum atomic E-state index is -2.24. The van der Waals surface area contributed by atoms with Crippen molar-refractivity contribution in [2.75, 3.05) is 32.8 Å². The molecule has 0 atom stereocenters. The maximum absolute atomic E-state index is 10.4. The third-order valence-corrected chi connectivity index (χ3v) is 26.0. The summed E-state index contributed by atoms with van der Waals surface area (Å²) < 4.78 is 11.6. The van der Waals surface area contributed by atoms with Gasteiger partial charge in [-0.1, -0.05) is 197 Å². The van der Waals surface area contributed by atoms with Crippen LogP contribution >= 0.6 is 19.0 Å². The number of ether oxygens (including phenoxy) is 1. The second kappa shape index (κ2) is 37.2. The van der Waals surface area contributed by atoms with Crippen LogP contribution in [-0.4, -0.2) is 64.8 Å². The molecule has 10 heteroatoms. The molecule has 10 rings (SSSR count). The standard InChI is InChI=1S/C26H27NO2Si.C18H15P.C11H13ClSi.C6H15N.C6H5.C4H10O.Ni/c1-19-9-8-10-20(2)26(19)27-18-21-17-22(15-16-25(21)28)29-30(3,23-11-4-5-12-23)24-13-6-7-14-24;1-4-10-16(11-5-1)19(17-12-6-2-7-13-17)18-14-8-3-9-15-18;1-13(12,10-6-2-3-7-10)11-8-4-5-9-11;1-4-7(5-2)6-3;1-2-4-6-5-3-1;1-3-5-4-2;/h4-18,23-24,28H,1-3H3;1-15H;2-11H,1H3;4-6H2,1-3H3;1-5H;3-4H2,1-2H3;/q;;;;-1;;/p+1. The van der Waals surface area contributed by atoms with Crippen molar-refractivity contribution in [1.29, 1.82) is 0 Å². The second-order valence-electron chi connectivity index (χ2n) is 19.8. The average Bonchev–Trinajstić information content (AvgIpc) is 4.37. The van der Waals surface area contributed by atoms with Crippen molar-refractivity contribution < 1.29 is 30.8 Å².